The standard InChI is InChI=1S/C22H26OSi2/c1-24(2,3)23-25(4,21-15-13-17-9-5-7-11-19(17)21)22-16-14-18-10-6-8-12-20(18)22/h5-16,21-22H,1-4H3. The lowest BCUT2D eigenvalue weighted by Crippen LogP contribution is -2.52. The molecule has 3 heteroatoms. The lowest BCUT2D eigenvalue weighted by Gasteiger charge is -2.42. The molecule has 2 aromatic carbocycles. The number of hydrogen-bond acceptors (Lipinski definition) is 1. The molecule has 0 bridgehead atoms. The van der Waals surface area contributed by atoms with Gasteiger partial charge in [-0.1, -0.05) is 72.8 Å². The van der Waals surface area contributed by atoms with E-state index in [4.69, 9.17) is 4.12 Å². The predicted molar refractivity (Wildman–Crippen MR) is 112 cm³/mol. The fourth-order valence-corrected chi connectivity index (χ4v) is 13.9. The number of hydrogen-bond donors (Lipinski definition) is 0. The van der Waals surface area contributed by atoms with Crippen LogP contribution >= 0.6 is 0 Å². The van der Waals surface area contributed by atoms with Gasteiger partial charge in [0.15, 0.2) is 16.6 Å². The normalized spacial score (nSPS) is 23.4. The first kappa shape index (κ1) is 16.8. The van der Waals surface area contributed by atoms with Gasteiger partial charge in [-0.3, -0.25) is 0 Å². The maximum atomic E-state index is 7.08. The fourth-order valence-electron chi connectivity index (χ4n) is 4.48. The summed E-state index contributed by atoms with van der Waals surface area (Å²) in [5.74, 6) is 0. The van der Waals surface area contributed by atoms with E-state index in [2.05, 4.69) is 99.0 Å². The quantitative estimate of drug-likeness (QED) is 0.596. The van der Waals surface area contributed by atoms with E-state index < -0.39 is 16.6 Å². The molecule has 0 fully saturated rings. The van der Waals surface area contributed by atoms with Crippen molar-refractivity contribution in [1.29, 1.82) is 0 Å². The average molecular weight is 363 g/mol. The van der Waals surface area contributed by atoms with Crippen LogP contribution in [0.2, 0.25) is 26.2 Å². The van der Waals surface area contributed by atoms with Gasteiger partial charge in [-0.15, -0.1) is 0 Å². The molecule has 0 spiro atoms. The summed E-state index contributed by atoms with van der Waals surface area (Å²) in [7, 11) is -3.81. The molecule has 2 atom stereocenters. The summed E-state index contributed by atoms with van der Waals surface area (Å²) < 4.78 is 7.08. The Hall–Kier alpha value is -1.69. The predicted octanol–water partition coefficient (Wildman–Crippen LogP) is 6.11. The highest BCUT2D eigenvalue weighted by Crippen LogP contribution is 2.48. The lowest BCUT2D eigenvalue weighted by molar-refractivity contribution is 0.520. The molecule has 2 aliphatic rings. The summed E-state index contributed by atoms with van der Waals surface area (Å²) in [4.78, 5) is 0. The first-order valence-electron chi connectivity index (χ1n) is 9.13. The highest BCUT2D eigenvalue weighted by molar-refractivity contribution is 6.87. The van der Waals surface area contributed by atoms with Crippen LogP contribution in [0.3, 0.4) is 0 Å². The zero-order chi connectivity index (χ0) is 17.7. The van der Waals surface area contributed by atoms with Crippen molar-refractivity contribution in [3.05, 3.63) is 82.9 Å². The summed E-state index contributed by atoms with van der Waals surface area (Å²) in [5.41, 5.74) is 6.45. The van der Waals surface area contributed by atoms with Crippen LogP contribution in [-0.4, -0.2) is 16.6 Å². The molecule has 0 radical (unpaired) electrons. The first-order chi connectivity index (χ1) is 11.9. The number of benzene rings is 2. The van der Waals surface area contributed by atoms with Crippen LogP contribution in [0.25, 0.3) is 12.2 Å². The topological polar surface area (TPSA) is 9.23 Å². The minimum Gasteiger partial charge on any atom is -0.454 e. The van der Waals surface area contributed by atoms with E-state index in [9.17, 15) is 0 Å². The summed E-state index contributed by atoms with van der Waals surface area (Å²) in [5, 5.41) is 0. The van der Waals surface area contributed by atoms with E-state index in [-0.39, 0.29) is 0 Å². The van der Waals surface area contributed by atoms with Gasteiger partial charge in [-0.25, -0.2) is 0 Å². The van der Waals surface area contributed by atoms with Crippen LogP contribution in [0, 0.1) is 0 Å². The average Bonchev–Trinajstić information content (AvgIpc) is 3.18. The van der Waals surface area contributed by atoms with Crippen molar-refractivity contribution in [2.45, 2.75) is 37.3 Å². The molecule has 0 aromatic heterocycles. The van der Waals surface area contributed by atoms with E-state index in [1.807, 2.05) is 0 Å². The highest BCUT2D eigenvalue weighted by Gasteiger charge is 2.50. The second kappa shape index (κ2) is 5.94. The summed E-state index contributed by atoms with van der Waals surface area (Å²) >= 11 is 0. The van der Waals surface area contributed by atoms with Gasteiger partial charge in [0.05, 0.1) is 0 Å². The van der Waals surface area contributed by atoms with E-state index in [1.54, 1.807) is 0 Å². The Morgan fingerprint density at radius 3 is 1.56 bits per heavy atom. The molecule has 0 saturated carbocycles. The molecule has 0 amide bonds. The monoisotopic (exact) mass is 362 g/mol. The molecule has 2 aliphatic carbocycles. The van der Waals surface area contributed by atoms with Crippen molar-refractivity contribution in [1.82, 2.24) is 0 Å². The number of rotatable bonds is 4. The highest BCUT2D eigenvalue weighted by atomic mass is 28.4. The molecular weight excluding hydrogens is 336 g/mol. The van der Waals surface area contributed by atoms with Gasteiger partial charge < -0.3 is 4.12 Å². The molecular formula is C22H26OSi2. The first-order valence-corrected chi connectivity index (χ1v) is 15.1. The van der Waals surface area contributed by atoms with Gasteiger partial charge in [0.2, 0.25) is 0 Å². The maximum Gasteiger partial charge on any atom is 0.199 e. The summed E-state index contributed by atoms with van der Waals surface area (Å²) in [6.45, 7) is 9.44. The minimum atomic E-state index is -2.13. The van der Waals surface area contributed by atoms with Gasteiger partial charge in [0.1, 0.15) is 0 Å². The molecule has 0 heterocycles. The van der Waals surface area contributed by atoms with E-state index in [0.29, 0.717) is 11.1 Å². The van der Waals surface area contributed by atoms with Crippen LogP contribution < -0.4 is 0 Å². The largest absolute Gasteiger partial charge is 0.454 e. The molecule has 2 unspecified atom stereocenters. The second-order valence-electron chi connectivity index (χ2n) is 8.33. The third kappa shape index (κ3) is 2.90. The van der Waals surface area contributed by atoms with Gasteiger partial charge in [-0.05, 0) is 48.4 Å². The van der Waals surface area contributed by atoms with E-state index in [1.165, 1.54) is 22.3 Å². The smallest absolute Gasteiger partial charge is 0.199 e. The van der Waals surface area contributed by atoms with Crippen LogP contribution in [0.4, 0.5) is 0 Å². The second-order valence-corrected chi connectivity index (χ2v) is 17.0. The summed E-state index contributed by atoms with van der Waals surface area (Å²) in [6, 6.07) is 17.7. The zero-order valence-corrected chi connectivity index (χ0v) is 17.5. The Labute approximate surface area is 153 Å². The van der Waals surface area contributed by atoms with Crippen molar-refractivity contribution >= 4 is 28.8 Å². The van der Waals surface area contributed by atoms with Crippen molar-refractivity contribution in [3.8, 4) is 0 Å². The minimum absolute atomic E-state index is 0.413. The molecule has 4 rings (SSSR count). The fraction of sp³-hybridized carbons (Fsp3) is 0.273. The Morgan fingerprint density at radius 2 is 1.12 bits per heavy atom. The molecule has 128 valence electrons. The maximum absolute atomic E-state index is 7.08. The van der Waals surface area contributed by atoms with Crippen molar-refractivity contribution in [2.75, 3.05) is 0 Å². The van der Waals surface area contributed by atoms with Crippen LogP contribution in [0.15, 0.2) is 60.7 Å². The van der Waals surface area contributed by atoms with Crippen LogP contribution in [0.5, 0.6) is 0 Å². The van der Waals surface area contributed by atoms with Gasteiger partial charge in [-0.2, -0.15) is 0 Å². The lowest BCUT2D eigenvalue weighted by atomic mass is 10.1. The van der Waals surface area contributed by atoms with Gasteiger partial charge >= 0.3 is 0 Å². The van der Waals surface area contributed by atoms with Crippen LogP contribution in [0.1, 0.15) is 33.3 Å². The molecule has 2 aromatic rings. The van der Waals surface area contributed by atoms with Crippen molar-refractivity contribution in [3.63, 3.8) is 0 Å². The molecule has 1 nitrogen and oxygen atoms in total. The number of allylic oxidation sites excluding steroid dienone is 2. The summed E-state index contributed by atoms with van der Waals surface area (Å²) in [6.07, 6.45) is 9.41. The van der Waals surface area contributed by atoms with Crippen molar-refractivity contribution in [2.24, 2.45) is 0 Å². The van der Waals surface area contributed by atoms with Crippen LogP contribution in [-0.2, 0) is 4.12 Å². The van der Waals surface area contributed by atoms with E-state index in [0.717, 1.165) is 0 Å². The molecule has 25 heavy (non-hydrogen) atoms. The third-order valence-corrected chi connectivity index (χ3v) is 13.0. The van der Waals surface area contributed by atoms with E-state index >= 15 is 0 Å². The zero-order valence-electron chi connectivity index (χ0n) is 15.5. The number of fused-ring (bicyclic) bond motifs is 2. The molecule has 0 aliphatic heterocycles. The third-order valence-electron chi connectivity index (χ3n) is 5.36. The SMILES string of the molecule is C[Si](C)(C)O[Si](C)(C1C=Cc2ccccc21)C1C=Cc2ccccc21. The Morgan fingerprint density at radius 1 is 0.680 bits per heavy atom. The van der Waals surface area contributed by atoms with Crippen molar-refractivity contribution < 1.29 is 4.12 Å². The van der Waals surface area contributed by atoms with Gasteiger partial charge in [0, 0.05) is 11.1 Å². The molecule has 0 saturated heterocycles. The Kier molecular flexibility index (Phi) is 3.98. The Balaban J connectivity index is 1.83. The van der Waals surface area contributed by atoms with Gasteiger partial charge in [0.25, 0.3) is 0 Å². The Bertz CT molecular complexity index is 799. The molecule has 0 N–H and O–H groups in total.